The molecule has 4 heteroatoms. The van der Waals surface area contributed by atoms with Crippen LogP contribution in [-0.2, 0) is 0 Å². The molecule has 2 nitrogen and oxygen atoms in total. The highest BCUT2D eigenvalue weighted by Gasteiger charge is 2.39. The Kier molecular flexibility index (Phi) is 3.22. The van der Waals surface area contributed by atoms with Crippen LogP contribution in [0.3, 0.4) is 0 Å². The van der Waals surface area contributed by atoms with Gasteiger partial charge >= 0.3 is 0 Å². The molecule has 0 radical (unpaired) electrons. The van der Waals surface area contributed by atoms with Gasteiger partial charge in [0, 0.05) is 16.0 Å². The summed E-state index contributed by atoms with van der Waals surface area (Å²) in [6.45, 7) is 0. The van der Waals surface area contributed by atoms with Crippen molar-refractivity contribution in [3.05, 3.63) is 70.0 Å². The van der Waals surface area contributed by atoms with Gasteiger partial charge in [0.15, 0.2) is 0 Å². The summed E-state index contributed by atoms with van der Waals surface area (Å²) in [5.74, 6) is 0.478. The van der Waals surface area contributed by atoms with E-state index < -0.39 is 0 Å². The number of aromatic hydroxyl groups is 1. The van der Waals surface area contributed by atoms with Crippen molar-refractivity contribution in [2.75, 3.05) is 5.32 Å². The number of nitrogens with one attached hydrogen (secondary N) is 1. The molecule has 1 aliphatic heterocycles. The molecule has 3 unspecified atom stereocenters. The predicted molar refractivity (Wildman–Crippen MR) is 88.6 cm³/mol. The normalized spacial score (nSPS) is 25.5. The Morgan fingerprint density at radius 2 is 2.05 bits per heavy atom. The molecule has 0 saturated heterocycles. The summed E-state index contributed by atoms with van der Waals surface area (Å²) in [6.07, 6.45) is 5.23. The molecule has 2 aliphatic rings. The number of rotatable bonds is 1. The molecule has 1 aliphatic carbocycles. The van der Waals surface area contributed by atoms with Gasteiger partial charge in [-0.05, 0) is 42.2 Å². The van der Waals surface area contributed by atoms with Gasteiger partial charge in [0.1, 0.15) is 11.6 Å². The molecule has 0 spiro atoms. The molecule has 0 amide bonds. The van der Waals surface area contributed by atoms with E-state index in [9.17, 15) is 9.50 Å². The molecular weight excluding hydrogens is 345 g/mol. The van der Waals surface area contributed by atoms with E-state index in [4.69, 9.17) is 0 Å². The number of benzene rings is 2. The van der Waals surface area contributed by atoms with Crippen LogP contribution in [0.5, 0.6) is 5.75 Å². The van der Waals surface area contributed by atoms with Crippen LogP contribution in [0.2, 0.25) is 0 Å². The van der Waals surface area contributed by atoms with Gasteiger partial charge in [-0.2, -0.15) is 0 Å². The van der Waals surface area contributed by atoms with Crippen LogP contribution in [0.15, 0.2) is 53.0 Å². The minimum absolute atomic E-state index is 0.109. The third-order valence-electron chi connectivity index (χ3n) is 4.67. The first-order chi connectivity index (χ1) is 10.6. The molecule has 1 heterocycles. The number of para-hydroxylation sites is 1. The van der Waals surface area contributed by atoms with Crippen LogP contribution in [0.4, 0.5) is 10.1 Å². The summed E-state index contributed by atoms with van der Waals surface area (Å²) in [5.41, 5.74) is 2.37. The monoisotopic (exact) mass is 359 g/mol. The fraction of sp³-hybridized carbons (Fsp3) is 0.222. The molecule has 2 aromatic carbocycles. The van der Waals surface area contributed by atoms with Gasteiger partial charge in [-0.25, -0.2) is 4.39 Å². The van der Waals surface area contributed by atoms with Crippen molar-refractivity contribution in [1.29, 1.82) is 0 Å². The summed E-state index contributed by atoms with van der Waals surface area (Å²) in [4.78, 5) is 0. The molecule has 112 valence electrons. The third kappa shape index (κ3) is 2.05. The van der Waals surface area contributed by atoms with E-state index in [1.807, 2.05) is 12.1 Å². The van der Waals surface area contributed by atoms with Crippen LogP contribution < -0.4 is 5.32 Å². The number of phenols is 1. The zero-order chi connectivity index (χ0) is 15.3. The lowest BCUT2D eigenvalue weighted by atomic mass is 9.77. The van der Waals surface area contributed by atoms with Crippen LogP contribution in [-0.4, -0.2) is 5.11 Å². The van der Waals surface area contributed by atoms with Gasteiger partial charge in [0.05, 0.1) is 11.7 Å². The summed E-state index contributed by atoms with van der Waals surface area (Å²) in [6, 6.07) is 10.5. The summed E-state index contributed by atoms with van der Waals surface area (Å²) >= 11 is 3.45. The highest BCUT2D eigenvalue weighted by atomic mass is 79.9. The Balaban J connectivity index is 1.85. The fourth-order valence-electron chi connectivity index (χ4n) is 3.67. The Labute approximate surface area is 136 Å². The first-order valence-corrected chi connectivity index (χ1v) is 8.14. The van der Waals surface area contributed by atoms with Crippen LogP contribution in [0, 0.1) is 11.7 Å². The molecule has 22 heavy (non-hydrogen) atoms. The van der Waals surface area contributed by atoms with E-state index in [2.05, 4.69) is 33.4 Å². The van der Waals surface area contributed by atoms with E-state index in [0.29, 0.717) is 5.69 Å². The second-order valence-corrected chi connectivity index (χ2v) is 6.80. The fourth-order valence-corrected chi connectivity index (χ4v) is 4.04. The SMILES string of the molecule is Oc1ccc(Br)cc1C1Nc2c(F)cccc2C2C=CCC21. The number of hydrogen-bond acceptors (Lipinski definition) is 2. The number of anilines is 1. The maximum absolute atomic E-state index is 14.2. The number of hydrogen-bond donors (Lipinski definition) is 2. The lowest BCUT2D eigenvalue weighted by molar-refractivity contribution is 0.399. The lowest BCUT2D eigenvalue weighted by Crippen LogP contribution is -2.29. The second kappa shape index (κ2) is 5.13. The van der Waals surface area contributed by atoms with Gasteiger partial charge in [-0.15, -0.1) is 0 Å². The Bertz CT molecular complexity index is 774. The number of allylic oxidation sites excluding steroid dienone is 2. The van der Waals surface area contributed by atoms with Gasteiger partial charge < -0.3 is 10.4 Å². The summed E-state index contributed by atoms with van der Waals surface area (Å²) < 4.78 is 15.1. The molecular formula is C18H15BrFNO. The Morgan fingerprint density at radius 3 is 2.91 bits per heavy atom. The minimum atomic E-state index is -0.240. The third-order valence-corrected chi connectivity index (χ3v) is 5.16. The molecule has 4 rings (SSSR count). The lowest BCUT2D eigenvalue weighted by Gasteiger charge is -2.37. The van der Waals surface area contributed by atoms with E-state index in [1.165, 1.54) is 6.07 Å². The highest BCUT2D eigenvalue weighted by molar-refractivity contribution is 9.10. The Hall–Kier alpha value is -1.81. The van der Waals surface area contributed by atoms with Crippen molar-refractivity contribution in [3.63, 3.8) is 0 Å². The summed E-state index contributed by atoms with van der Waals surface area (Å²) in [7, 11) is 0. The Morgan fingerprint density at radius 1 is 1.18 bits per heavy atom. The highest BCUT2D eigenvalue weighted by Crippen LogP contribution is 2.51. The quantitative estimate of drug-likeness (QED) is 0.692. The second-order valence-electron chi connectivity index (χ2n) is 5.88. The van der Waals surface area contributed by atoms with E-state index in [-0.39, 0.29) is 29.4 Å². The van der Waals surface area contributed by atoms with Crippen LogP contribution >= 0.6 is 15.9 Å². The van der Waals surface area contributed by atoms with Crippen molar-refractivity contribution in [2.45, 2.75) is 18.4 Å². The zero-order valence-electron chi connectivity index (χ0n) is 11.8. The average Bonchev–Trinajstić information content (AvgIpc) is 2.99. The first kappa shape index (κ1) is 13.8. The van der Waals surface area contributed by atoms with Crippen molar-refractivity contribution in [1.82, 2.24) is 0 Å². The molecule has 2 aromatic rings. The molecule has 0 saturated carbocycles. The molecule has 3 atom stereocenters. The average molecular weight is 360 g/mol. The minimum Gasteiger partial charge on any atom is -0.508 e. The number of phenolic OH excluding ortho intramolecular Hbond substituents is 1. The maximum Gasteiger partial charge on any atom is 0.146 e. The number of halogens is 2. The summed E-state index contributed by atoms with van der Waals surface area (Å²) in [5, 5.41) is 13.6. The number of fused-ring (bicyclic) bond motifs is 3. The van der Waals surface area contributed by atoms with E-state index in [1.54, 1.807) is 18.2 Å². The van der Waals surface area contributed by atoms with E-state index >= 15 is 0 Å². The van der Waals surface area contributed by atoms with Crippen LogP contribution in [0.25, 0.3) is 0 Å². The van der Waals surface area contributed by atoms with Crippen molar-refractivity contribution >= 4 is 21.6 Å². The van der Waals surface area contributed by atoms with Crippen LogP contribution in [0.1, 0.15) is 29.5 Å². The van der Waals surface area contributed by atoms with Crippen molar-refractivity contribution < 1.29 is 9.50 Å². The maximum atomic E-state index is 14.2. The molecule has 0 fully saturated rings. The van der Waals surface area contributed by atoms with Crippen molar-refractivity contribution in [2.24, 2.45) is 5.92 Å². The smallest absolute Gasteiger partial charge is 0.146 e. The van der Waals surface area contributed by atoms with Gasteiger partial charge in [-0.1, -0.05) is 40.2 Å². The van der Waals surface area contributed by atoms with Crippen molar-refractivity contribution in [3.8, 4) is 5.75 Å². The van der Waals surface area contributed by atoms with Gasteiger partial charge in [-0.3, -0.25) is 0 Å². The topological polar surface area (TPSA) is 32.3 Å². The molecule has 0 bridgehead atoms. The first-order valence-electron chi connectivity index (χ1n) is 7.35. The molecule has 0 aromatic heterocycles. The van der Waals surface area contributed by atoms with E-state index in [0.717, 1.165) is 22.0 Å². The predicted octanol–water partition coefficient (Wildman–Crippen LogP) is 5.12. The zero-order valence-corrected chi connectivity index (χ0v) is 13.3. The van der Waals surface area contributed by atoms with Gasteiger partial charge in [0.25, 0.3) is 0 Å². The largest absolute Gasteiger partial charge is 0.508 e. The standard InChI is InChI=1S/C18H15BrFNO/c19-10-7-8-16(22)14(9-10)17-12-4-1-3-11(12)13-5-2-6-15(20)18(13)21-17/h1-3,5-9,11-12,17,21-22H,4H2. The van der Waals surface area contributed by atoms with Gasteiger partial charge in [0.2, 0.25) is 0 Å². The molecule has 2 N–H and O–H groups in total.